The fourth-order valence-electron chi connectivity index (χ4n) is 5.62. The van der Waals surface area contributed by atoms with Gasteiger partial charge in [0.1, 0.15) is 55.7 Å². The molecule has 0 heterocycles. The second-order valence-corrected chi connectivity index (χ2v) is 15.5. The van der Waals surface area contributed by atoms with E-state index < -0.39 is 48.3 Å². The highest BCUT2D eigenvalue weighted by molar-refractivity contribution is 5.91. The highest BCUT2D eigenvalue weighted by Gasteiger charge is 2.16. The number of aliphatic hydroxyl groups excluding tert-OH is 1. The Morgan fingerprint density at radius 1 is 0.400 bits per heavy atom. The van der Waals surface area contributed by atoms with Gasteiger partial charge in [-0.25, -0.2) is 19.2 Å². The van der Waals surface area contributed by atoms with Crippen LogP contribution in [-0.4, -0.2) is 113 Å². The molecule has 0 bridgehead atoms. The molecule has 0 aliphatic rings. The maximum atomic E-state index is 12.6. The molecule has 70 heavy (non-hydrogen) atoms. The molecule has 372 valence electrons. The molecule has 18 heteroatoms. The zero-order valence-electron chi connectivity index (χ0n) is 39.2. The summed E-state index contributed by atoms with van der Waals surface area (Å²) in [5.74, 6) is -0.272. The highest BCUT2D eigenvalue weighted by atomic mass is 16.7. The Morgan fingerprint density at radius 2 is 0.643 bits per heavy atom. The molecule has 5 aromatic rings. The summed E-state index contributed by atoms with van der Waals surface area (Å²) in [6.45, 7) is 6.31. The van der Waals surface area contributed by atoms with E-state index in [9.17, 15) is 24.0 Å². The lowest BCUT2D eigenvalue weighted by Gasteiger charge is -2.15. The van der Waals surface area contributed by atoms with Gasteiger partial charge in [-0.2, -0.15) is 0 Å². The number of carbonyl (C=O) groups excluding carboxylic acids is 5. The van der Waals surface area contributed by atoms with Gasteiger partial charge >= 0.3 is 23.9 Å². The first kappa shape index (κ1) is 53.6. The van der Waals surface area contributed by atoms with Crippen LogP contribution in [0.5, 0.6) is 23.0 Å². The molecular weight excluding hydrogens is 913 g/mol. The first-order valence-corrected chi connectivity index (χ1v) is 22.1. The van der Waals surface area contributed by atoms with Gasteiger partial charge in [-0.15, -0.1) is 0 Å². The zero-order valence-corrected chi connectivity index (χ0v) is 39.2. The van der Waals surface area contributed by atoms with E-state index in [2.05, 4.69) is 0 Å². The van der Waals surface area contributed by atoms with Crippen LogP contribution in [0.2, 0.25) is 0 Å². The first-order valence-electron chi connectivity index (χ1n) is 22.1. The first-order chi connectivity index (χ1) is 33.9. The molecule has 5 aromatic carbocycles. The lowest BCUT2D eigenvalue weighted by Crippen LogP contribution is -2.22. The maximum Gasteiger partial charge on any atom is 0.338 e. The van der Waals surface area contributed by atoms with Crippen LogP contribution in [0.15, 0.2) is 121 Å². The summed E-state index contributed by atoms with van der Waals surface area (Å²) in [5.41, 5.74) is 2.51. The Morgan fingerprint density at radius 3 is 0.886 bits per heavy atom. The Balaban J connectivity index is 0.874. The Hall–Kier alpha value is -7.35. The third-order valence-electron chi connectivity index (χ3n) is 9.77. The quantitative estimate of drug-likeness (QED) is 0.0205. The SMILES string of the molecule is CC(COC(=O)c1ccc(CO)cc1)OCOc1ccc(C(=O)OCC(C)OCOc2ccc(C(=O)OCC(C)OCOc3ccc(C(=O)OCC(C)OCOc4ccc(C=O)cc4)cc3)cc2)cc1. The third kappa shape index (κ3) is 19.0. The molecule has 4 atom stereocenters. The fraction of sp³-hybridized carbons (Fsp3) is 0.327. The van der Waals surface area contributed by atoms with Crippen LogP contribution < -0.4 is 18.9 Å². The van der Waals surface area contributed by atoms with Crippen molar-refractivity contribution >= 4 is 30.2 Å². The molecule has 0 amide bonds. The predicted octanol–water partition coefficient (Wildman–Crippen LogP) is 7.39. The van der Waals surface area contributed by atoms with Crippen molar-refractivity contribution in [2.45, 2.75) is 58.7 Å². The average Bonchev–Trinajstić information content (AvgIpc) is 3.38. The summed E-state index contributed by atoms with van der Waals surface area (Å²) in [7, 11) is 0. The van der Waals surface area contributed by atoms with Crippen molar-refractivity contribution in [2.24, 2.45) is 0 Å². The zero-order chi connectivity index (χ0) is 50.1. The third-order valence-corrected chi connectivity index (χ3v) is 9.77. The molecular formula is C52H56O18. The van der Waals surface area contributed by atoms with Gasteiger partial charge < -0.3 is 61.9 Å². The smallest absolute Gasteiger partial charge is 0.338 e. The number of aliphatic hydroxyl groups is 1. The van der Waals surface area contributed by atoms with E-state index >= 15 is 0 Å². The molecule has 1 N–H and O–H groups in total. The molecule has 0 saturated heterocycles. The minimum absolute atomic E-state index is 0.00775. The number of aldehydes is 1. The standard InChI is InChI=1S/C52H56O18/c1-35(27-59-49(55)41-9-5-39(25-53)6-10-41)64-32-68-46-19-13-43(14-20-46)51(57)61-29-37(3)66-34-70-48-23-15-44(16-24-48)52(58)62-30-38(4)65-33-69-47-21-11-42(12-22-47)50(56)60-28-36(2)63-31-67-45-17-7-40(26-54)8-18-45/h5-24,26,35-38,53H,25,27-34H2,1-4H3. The summed E-state index contributed by atoms with van der Waals surface area (Å²) in [6.07, 6.45) is -1.11. The van der Waals surface area contributed by atoms with Crippen molar-refractivity contribution in [3.8, 4) is 23.0 Å². The van der Waals surface area contributed by atoms with Gasteiger partial charge in [-0.3, -0.25) is 4.79 Å². The lowest BCUT2D eigenvalue weighted by molar-refractivity contribution is -0.0548. The van der Waals surface area contributed by atoms with E-state index in [1.807, 2.05) is 0 Å². The predicted molar refractivity (Wildman–Crippen MR) is 249 cm³/mol. The van der Waals surface area contributed by atoms with Crippen LogP contribution >= 0.6 is 0 Å². The molecule has 5 rings (SSSR count). The van der Waals surface area contributed by atoms with Crippen molar-refractivity contribution < 1.29 is 85.9 Å². The van der Waals surface area contributed by atoms with Gasteiger partial charge in [0.05, 0.1) is 53.3 Å². The van der Waals surface area contributed by atoms with Crippen molar-refractivity contribution in [1.82, 2.24) is 0 Å². The maximum absolute atomic E-state index is 12.6. The largest absolute Gasteiger partial charge is 0.468 e. The van der Waals surface area contributed by atoms with E-state index in [-0.39, 0.29) is 60.2 Å². The van der Waals surface area contributed by atoms with Gasteiger partial charge in [0.2, 0.25) is 0 Å². The van der Waals surface area contributed by atoms with Crippen LogP contribution in [0.25, 0.3) is 0 Å². The van der Waals surface area contributed by atoms with Crippen LogP contribution in [0.3, 0.4) is 0 Å². The van der Waals surface area contributed by atoms with E-state index in [1.165, 1.54) is 0 Å². The number of carbonyl (C=O) groups is 5. The van der Waals surface area contributed by atoms with Gasteiger partial charge in [-0.1, -0.05) is 12.1 Å². The second-order valence-electron chi connectivity index (χ2n) is 15.5. The summed E-state index contributed by atoms with van der Waals surface area (Å²) in [6, 6.07) is 31.9. The number of esters is 4. The number of hydrogen-bond donors (Lipinski definition) is 1. The van der Waals surface area contributed by atoms with E-state index in [0.29, 0.717) is 56.4 Å². The van der Waals surface area contributed by atoms with Gasteiger partial charge in [0, 0.05) is 5.56 Å². The molecule has 0 aliphatic carbocycles. The summed E-state index contributed by atoms with van der Waals surface area (Å²) in [5, 5.41) is 9.14. The van der Waals surface area contributed by atoms with Crippen LogP contribution in [-0.2, 0) is 44.5 Å². The van der Waals surface area contributed by atoms with Gasteiger partial charge in [0.25, 0.3) is 0 Å². The summed E-state index contributed by atoms with van der Waals surface area (Å²) >= 11 is 0. The molecule has 0 aromatic heterocycles. The molecule has 4 unspecified atom stereocenters. The number of hydrogen-bond acceptors (Lipinski definition) is 18. The monoisotopic (exact) mass is 968 g/mol. The van der Waals surface area contributed by atoms with Crippen molar-refractivity contribution in [3.05, 3.63) is 155 Å². The lowest BCUT2D eigenvalue weighted by atomic mass is 10.1. The summed E-state index contributed by atoms with van der Waals surface area (Å²) < 4.78 is 65.9. The van der Waals surface area contributed by atoms with Crippen molar-refractivity contribution in [2.75, 3.05) is 53.6 Å². The highest BCUT2D eigenvalue weighted by Crippen LogP contribution is 2.18. The topological polar surface area (TPSA) is 216 Å². The molecule has 0 fully saturated rings. The van der Waals surface area contributed by atoms with E-state index in [0.717, 1.165) is 6.29 Å². The molecule has 0 spiro atoms. The van der Waals surface area contributed by atoms with E-state index in [4.69, 9.17) is 61.9 Å². The average molecular weight is 969 g/mol. The number of ether oxygens (including phenoxy) is 12. The van der Waals surface area contributed by atoms with E-state index in [1.54, 1.807) is 149 Å². The minimum atomic E-state index is -0.560. The molecule has 0 saturated carbocycles. The van der Waals surface area contributed by atoms with Crippen LogP contribution in [0.4, 0.5) is 0 Å². The normalized spacial score (nSPS) is 12.6. The minimum Gasteiger partial charge on any atom is -0.468 e. The van der Waals surface area contributed by atoms with Crippen LogP contribution in [0, 0.1) is 0 Å². The second kappa shape index (κ2) is 28.9. The number of rotatable bonds is 30. The molecule has 0 aliphatic heterocycles. The Labute approximate surface area is 405 Å². The van der Waals surface area contributed by atoms with Gasteiger partial charge in [0.15, 0.2) is 27.2 Å². The van der Waals surface area contributed by atoms with Crippen molar-refractivity contribution in [1.29, 1.82) is 0 Å². The Kier molecular flexibility index (Phi) is 22.1. The number of benzene rings is 5. The van der Waals surface area contributed by atoms with Crippen molar-refractivity contribution in [3.63, 3.8) is 0 Å². The summed E-state index contributed by atoms with van der Waals surface area (Å²) in [4.78, 5) is 60.7. The van der Waals surface area contributed by atoms with Crippen LogP contribution in [0.1, 0.15) is 85.0 Å². The Bertz CT molecular complexity index is 2370. The molecule has 0 radical (unpaired) electrons. The fourth-order valence-corrected chi connectivity index (χ4v) is 5.62. The molecule has 18 nitrogen and oxygen atoms in total. The van der Waals surface area contributed by atoms with Gasteiger partial charge in [-0.05, 0) is 142 Å².